The van der Waals surface area contributed by atoms with E-state index in [1.54, 1.807) is 4.31 Å². The van der Waals surface area contributed by atoms with Gasteiger partial charge in [0.2, 0.25) is 0 Å². The molecule has 1 aromatic carbocycles. The van der Waals surface area contributed by atoms with Crippen molar-refractivity contribution in [3.63, 3.8) is 0 Å². The molecule has 1 aromatic heterocycles. The second-order valence-corrected chi connectivity index (χ2v) is 9.39. The van der Waals surface area contributed by atoms with Gasteiger partial charge in [-0.25, -0.2) is 13.4 Å². The minimum absolute atomic E-state index is 0.172. The van der Waals surface area contributed by atoms with Crippen LogP contribution < -0.4 is 0 Å². The summed E-state index contributed by atoms with van der Waals surface area (Å²) in [4.78, 5) is 7.29. The van der Waals surface area contributed by atoms with E-state index in [0.29, 0.717) is 18.3 Å². The van der Waals surface area contributed by atoms with Gasteiger partial charge in [-0.1, -0.05) is 57.0 Å². The number of sulfonamides is 1. The third kappa shape index (κ3) is 2.46. The minimum Gasteiger partial charge on any atom is -0.332 e. The smallest absolute Gasteiger partial charge is 0.260 e. The number of benzene rings is 1. The van der Waals surface area contributed by atoms with E-state index in [4.69, 9.17) is 0 Å². The van der Waals surface area contributed by atoms with Crippen molar-refractivity contribution >= 4 is 10.0 Å². The van der Waals surface area contributed by atoms with Crippen molar-refractivity contribution in [2.75, 3.05) is 6.54 Å². The molecule has 1 aliphatic carbocycles. The maximum atomic E-state index is 13.3. The predicted octanol–water partition coefficient (Wildman–Crippen LogP) is 3.62. The van der Waals surface area contributed by atoms with Crippen LogP contribution in [0.15, 0.2) is 41.6 Å². The van der Waals surface area contributed by atoms with Crippen molar-refractivity contribution in [3.05, 3.63) is 47.9 Å². The van der Waals surface area contributed by atoms with Gasteiger partial charge < -0.3 is 4.98 Å². The Morgan fingerprint density at radius 2 is 2.00 bits per heavy atom. The van der Waals surface area contributed by atoms with Crippen LogP contribution in [0.5, 0.6) is 0 Å². The SMILES string of the molecule is CC(C)c1ncc(S(=O)(=O)N2C[C@@H]3CCCC[C@@]32c2ccccc2)[nH]1. The molecule has 0 amide bonds. The molecule has 134 valence electrons. The Hall–Kier alpha value is -1.66. The Bertz CT molecular complexity index is 860. The first-order valence-corrected chi connectivity index (χ1v) is 10.5. The number of nitrogens with one attached hydrogen (secondary N) is 1. The van der Waals surface area contributed by atoms with Crippen molar-refractivity contribution in [2.24, 2.45) is 5.92 Å². The zero-order valence-corrected chi connectivity index (χ0v) is 15.6. The minimum atomic E-state index is -3.58. The summed E-state index contributed by atoms with van der Waals surface area (Å²) in [7, 11) is -3.58. The third-order valence-electron chi connectivity index (χ3n) is 5.83. The zero-order chi connectivity index (χ0) is 17.7. The highest BCUT2D eigenvalue weighted by molar-refractivity contribution is 7.89. The summed E-state index contributed by atoms with van der Waals surface area (Å²) in [5, 5.41) is 0.218. The first kappa shape index (κ1) is 16.8. The molecule has 0 unspecified atom stereocenters. The van der Waals surface area contributed by atoms with Crippen LogP contribution >= 0.6 is 0 Å². The highest BCUT2D eigenvalue weighted by atomic mass is 32.2. The predicted molar refractivity (Wildman–Crippen MR) is 96.6 cm³/mol. The quantitative estimate of drug-likeness (QED) is 0.906. The Balaban J connectivity index is 1.76. The highest BCUT2D eigenvalue weighted by Gasteiger charge is 2.60. The molecule has 1 N–H and O–H groups in total. The lowest BCUT2D eigenvalue weighted by molar-refractivity contribution is -0.0505. The zero-order valence-electron chi connectivity index (χ0n) is 14.8. The van der Waals surface area contributed by atoms with Gasteiger partial charge in [-0.2, -0.15) is 4.31 Å². The summed E-state index contributed by atoms with van der Waals surface area (Å²) >= 11 is 0. The van der Waals surface area contributed by atoms with E-state index in [1.165, 1.54) is 12.6 Å². The topological polar surface area (TPSA) is 66.1 Å². The van der Waals surface area contributed by atoms with Gasteiger partial charge in [-0.15, -0.1) is 0 Å². The lowest BCUT2D eigenvalue weighted by Gasteiger charge is -2.60. The van der Waals surface area contributed by atoms with Gasteiger partial charge in [0.15, 0.2) is 5.03 Å². The average molecular weight is 359 g/mol. The molecule has 25 heavy (non-hydrogen) atoms. The Morgan fingerprint density at radius 3 is 2.64 bits per heavy atom. The van der Waals surface area contributed by atoms with Crippen LogP contribution in [-0.2, 0) is 15.6 Å². The highest BCUT2D eigenvalue weighted by Crippen LogP contribution is 2.55. The van der Waals surface area contributed by atoms with Gasteiger partial charge in [0, 0.05) is 12.5 Å². The summed E-state index contributed by atoms with van der Waals surface area (Å²) in [5.41, 5.74) is 0.736. The van der Waals surface area contributed by atoms with Crippen LogP contribution in [0.4, 0.5) is 0 Å². The van der Waals surface area contributed by atoms with Gasteiger partial charge in [-0.3, -0.25) is 0 Å². The van der Waals surface area contributed by atoms with Gasteiger partial charge >= 0.3 is 0 Å². The van der Waals surface area contributed by atoms with Crippen LogP contribution in [0.3, 0.4) is 0 Å². The molecule has 0 spiro atoms. The molecule has 5 nitrogen and oxygen atoms in total. The number of aromatic nitrogens is 2. The summed E-state index contributed by atoms with van der Waals surface area (Å²) in [5.74, 6) is 1.30. The molecule has 0 bridgehead atoms. The van der Waals surface area contributed by atoms with Crippen LogP contribution in [0.2, 0.25) is 0 Å². The van der Waals surface area contributed by atoms with E-state index in [9.17, 15) is 8.42 Å². The maximum absolute atomic E-state index is 13.3. The van der Waals surface area contributed by atoms with Crippen molar-refractivity contribution < 1.29 is 8.42 Å². The van der Waals surface area contributed by atoms with Crippen LogP contribution in [0.1, 0.15) is 56.8 Å². The first-order valence-electron chi connectivity index (χ1n) is 9.09. The van der Waals surface area contributed by atoms with Gasteiger partial charge in [-0.05, 0) is 24.3 Å². The van der Waals surface area contributed by atoms with Gasteiger partial charge in [0.05, 0.1) is 11.7 Å². The van der Waals surface area contributed by atoms with E-state index >= 15 is 0 Å². The normalized spacial score (nSPS) is 27.1. The van der Waals surface area contributed by atoms with Crippen LogP contribution in [0.25, 0.3) is 0 Å². The lowest BCUT2D eigenvalue weighted by Crippen LogP contribution is -2.67. The Morgan fingerprint density at radius 1 is 1.24 bits per heavy atom. The van der Waals surface area contributed by atoms with E-state index < -0.39 is 10.0 Å². The molecular weight excluding hydrogens is 334 g/mol. The molecule has 2 atom stereocenters. The molecule has 2 fully saturated rings. The largest absolute Gasteiger partial charge is 0.332 e. The number of imidazole rings is 1. The summed E-state index contributed by atoms with van der Waals surface area (Å²) in [6.45, 7) is 4.61. The molecular formula is C19H25N3O2S. The Kier molecular flexibility index (Phi) is 4.00. The van der Waals surface area contributed by atoms with Crippen molar-refractivity contribution in [1.29, 1.82) is 0 Å². The molecule has 2 aliphatic rings. The number of aromatic amines is 1. The van der Waals surface area contributed by atoms with Gasteiger partial charge in [0.1, 0.15) is 5.82 Å². The van der Waals surface area contributed by atoms with Crippen molar-refractivity contribution in [3.8, 4) is 0 Å². The number of H-pyrrole nitrogens is 1. The Labute approximate surface area is 149 Å². The number of rotatable bonds is 4. The fourth-order valence-corrected chi connectivity index (χ4v) is 6.28. The van der Waals surface area contributed by atoms with Gasteiger partial charge in [0.25, 0.3) is 10.0 Å². The number of nitrogens with zero attached hydrogens (tertiary/aromatic N) is 2. The van der Waals surface area contributed by atoms with Crippen molar-refractivity contribution in [2.45, 2.75) is 56.0 Å². The molecule has 0 radical (unpaired) electrons. The molecule has 1 saturated carbocycles. The second-order valence-electron chi connectivity index (χ2n) is 7.56. The molecule has 1 saturated heterocycles. The number of fused-ring (bicyclic) bond motifs is 1. The summed E-state index contributed by atoms with van der Waals surface area (Å²) in [6.07, 6.45) is 5.72. The molecule has 1 aliphatic heterocycles. The summed E-state index contributed by atoms with van der Waals surface area (Å²) in [6, 6.07) is 10.1. The van der Waals surface area contributed by atoms with E-state index in [2.05, 4.69) is 22.1 Å². The molecule has 6 heteroatoms. The molecule has 4 rings (SSSR count). The maximum Gasteiger partial charge on any atom is 0.260 e. The molecule has 2 heterocycles. The average Bonchev–Trinajstić information content (AvgIpc) is 3.08. The molecule has 2 aromatic rings. The standard InChI is InChI=1S/C19H25N3O2S/c1-14(2)18-20-12-17(21-18)25(23,24)22-13-16-10-6-7-11-19(16,22)15-8-4-3-5-9-15/h3-5,8-9,12,14,16H,6-7,10-11,13H2,1-2H3,(H,20,21)/t16-,19+/m0/s1. The first-order chi connectivity index (χ1) is 12.0. The van der Waals surface area contributed by atoms with Crippen molar-refractivity contribution in [1.82, 2.24) is 14.3 Å². The van der Waals surface area contributed by atoms with Crippen LogP contribution in [0, 0.1) is 5.92 Å². The lowest BCUT2D eigenvalue weighted by atomic mass is 9.63. The van der Waals surface area contributed by atoms with E-state index in [-0.39, 0.29) is 16.5 Å². The fraction of sp³-hybridized carbons (Fsp3) is 0.526. The number of hydrogen-bond donors (Lipinski definition) is 1. The van der Waals surface area contributed by atoms with E-state index in [1.807, 2.05) is 32.0 Å². The monoisotopic (exact) mass is 359 g/mol. The fourth-order valence-electron chi connectivity index (χ4n) is 4.47. The van der Waals surface area contributed by atoms with E-state index in [0.717, 1.165) is 24.8 Å². The second kappa shape index (κ2) is 5.95. The van der Waals surface area contributed by atoms with Crippen LogP contribution in [-0.4, -0.2) is 29.2 Å². The number of hydrogen-bond acceptors (Lipinski definition) is 3. The summed E-state index contributed by atoms with van der Waals surface area (Å²) < 4.78 is 28.4. The third-order valence-corrected chi connectivity index (χ3v) is 7.65.